The van der Waals surface area contributed by atoms with E-state index >= 15 is 0 Å². The molecule has 0 fully saturated rings. The first-order valence-corrected chi connectivity index (χ1v) is 7.69. The van der Waals surface area contributed by atoms with E-state index < -0.39 is 5.97 Å². The summed E-state index contributed by atoms with van der Waals surface area (Å²) < 4.78 is 12.2. The number of carbonyl (C=O) groups excluding carboxylic acids is 1. The minimum Gasteiger partial charge on any atom is -0.457 e. The Morgan fingerprint density at radius 3 is 2.88 bits per heavy atom. The summed E-state index contributed by atoms with van der Waals surface area (Å²) >= 11 is 0. The van der Waals surface area contributed by atoms with E-state index in [4.69, 9.17) is 9.26 Å². The first kappa shape index (κ1) is 15.1. The summed E-state index contributed by atoms with van der Waals surface area (Å²) in [4.78, 5) is 16.3. The monoisotopic (exact) mass is 334 g/mol. The van der Waals surface area contributed by atoms with Crippen molar-refractivity contribution in [2.75, 3.05) is 0 Å². The SMILES string of the molecule is Cc1noc2ncc(C(=O)OCc3ccc(-n4cccn4)cc3)cc12. The first-order chi connectivity index (χ1) is 12.2. The number of hydrogen-bond donors (Lipinski definition) is 0. The van der Waals surface area contributed by atoms with Crippen LogP contribution in [0, 0.1) is 6.92 Å². The molecule has 0 aliphatic heterocycles. The second kappa shape index (κ2) is 6.20. The molecule has 0 unspecified atom stereocenters. The molecule has 3 heterocycles. The van der Waals surface area contributed by atoms with Gasteiger partial charge in [-0.05, 0) is 36.8 Å². The van der Waals surface area contributed by atoms with Crippen molar-refractivity contribution in [2.45, 2.75) is 13.5 Å². The van der Waals surface area contributed by atoms with Crippen LogP contribution in [0.1, 0.15) is 21.6 Å². The van der Waals surface area contributed by atoms with E-state index in [1.54, 1.807) is 23.9 Å². The van der Waals surface area contributed by atoms with Crippen LogP contribution in [0.4, 0.5) is 0 Å². The van der Waals surface area contributed by atoms with Gasteiger partial charge in [-0.15, -0.1) is 0 Å². The number of aryl methyl sites for hydroxylation is 1. The molecule has 0 saturated heterocycles. The van der Waals surface area contributed by atoms with E-state index in [0.717, 1.165) is 11.3 Å². The fraction of sp³-hybridized carbons (Fsp3) is 0.111. The van der Waals surface area contributed by atoms with Crippen LogP contribution in [0.2, 0.25) is 0 Å². The van der Waals surface area contributed by atoms with Gasteiger partial charge >= 0.3 is 5.97 Å². The number of hydrogen-bond acceptors (Lipinski definition) is 6. The number of carbonyl (C=O) groups is 1. The summed E-state index contributed by atoms with van der Waals surface area (Å²) in [5.41, 5.74) is 3.29. The lowest BCUT2D eigenvalue weighted by atomic mass is 10.2. The van der Waals surface area contributed by atoms with Crippen molar-refractivity contribution < 1.29 is 14.1 Å². The molecule has 25 heavy (non-hydrogen) atoms. The molecule has 7 heteroatoms. The van der Waals surface area contributed by atoms with Crippen molar-refractivity contribution in [3.05, 3.63) is 71.8 Å². The van der Waals surface area contributed by atoms with E-state index in [2.05, 4.69) is 15.2 Å². The van der Waals surface area contributed by atoms with Crippen molar-refractivity contribution in [3.63, 3.8) is 0 Å². The molecule has 0 bridgehead atoms. The lowest BCUT2D eigenvalue weighted by molar-refractivity contribution is 0.0472. The average molecular weight is 334 g/mol. The Balaban J connectivity index is 1.44. The Labute approximate surface area is 142 Å². The molecule has 0 amide bonds. The van der Waals surface area contributed by atoms with Crippen LogP contribution in [0.15, 0.2) is 59.5 Å². The summed E-state index contributed by atoms with van der Waals surface area (Å²) in [7, 11) is 0. The molecule has 124 valence electrons. The third-order valence-corrected chi connectivity index (χ3v) is 3.82. The summed E-state index contributed by atoms with van der Waals surface area (Å²) in [6.07, 6.45) is 5.01. The van der Waals surface area contributed by atoms with Gasteiger partial charge in [-0.2, -0.15) is 5.10 Å². The first-order valence-electron chi connectivity index (χ1n) is 7.69. The van der Waals surface area contributed by atoms with Crippen LogP contribution in [0.5, 0.6) is 0 Å². The standard InChI is InChI=1S/C18H14N4O3/c1-12-16-9-14(10-19-17(16)25-21-12)18(23)24-11-13-3-5-15(6-4-13)22-8-2-7-20-22/h2-10H,11H2,1H3. The van der Waals surface area contributed by atoms with Gasteiger partial charge in [0.1, 0.15) is 6.61 Å². The van der Waals surface area contributed by atoms with Crippen molar-refractivity contribution in [2.24, 2.45) is 0 Å². The fourth-order valence-corrected chi connectivity index (χ4v) is 2.46. The molecule has 0 spiro atoms. The van der Waals surface area contributed by atoms with Crippen LogP contribution in [-0.4, -0.2) is 25.9 Å². The van der Waals surface area contributed by atoms with E-state index in [-0.39, 0.29) is 6.61 Å². The second-order valence-electron chi connectivity index (χ2n) is 5.54. The summed E-state index contributed by atoms with van der Waals surface area (Å²) in [5, 5.41) is 8.70. The molecule has 0 saturated carbocycles. The van der Waals surface area contributed by atoms with E-state index in [0.29, 0.717) is 22.4 Å². The molecule has 0 aliphatic carbocycles. The maximum Gasteiger partial charge on any atom is 0.340 e. The predicted molar refractivity (Wildman–Crippen MR) is 89.2 cm³/mol. The average Bonchev–Trinajstić information content (AvgIpc) is 3.30. The number of ether oxygens (including phenoxy) is 1. The third-order valence-electron chi connectivity index (χ3n) is 3.82. The highest BCUT2D eigenvalue weighted by Crippen LogP contribution is 2.18. The highest BCUT2D eigenvalue weighted by Gasteiger charge is 2.13. The Kier molecular flexibility index (Phi) is 3.74. The summed E-state index contributed by atoms with van der Waals surface area (Å²) in [6, 6.07) is 11.2. The molecule has 3 aromatic heterocycles. The fourth-order valence-electron chi connectivity index (χ4n) is 2.46. The van der Waals surface area contributed by atoms with Crippen LogP contribution >= 0.6 is 0 Å². The number of rotatable bonds is 4. The molecule has 0 radical (unpaired) electrons. The number of pyridine rings is 1. The maximum absolute atomic E-state index is 12.2. The minimum atomic E-state index is -0.439. The highest BCUT2D eigenvalue weighted by molar-refractivity contribution is 5.93. The Morgan fingerprint density at radius 1 is 1.28 bits per heavy atom. The van der Waals surface area contributed by atoms with Crippen molar-refractivity contribution in [1.29, 1.82) is 0 Å². The molecule has 0 atom stereocenters. The Hall–Kier alpha value is -3.48. The largest absolute Gasteiger partial charge is 0.457 e. The van der Waals surface area contributed by atoms with Gasteiger partial charge in [0.25, 0.3) is 5.71 Å². The molecule has 4 aromatic rings. The lowest BCUT2D eigenvalue weighted by Crippen LogP contribution is -2.06. The zero-order valence-corrected chi connectivity index (χ0v) is 13.4. The van der Waals surface area contributed by atoms with Crippen LogP contribution in [0.25, 0.3) is 16.8 Å². The van der Waals surface area contributed by atoms with Gasteiger partial charge in [0.15, 0.2) is 0 Å². The minimum absolute atomic E-state index is 0.179. The van der Waals surface area contributed by atoms with Crippen LogP contribution < -0.4 is 0 Å². The zero-order valence-electron chi connectivity index (χ0n) is 13.4. The van der Waals surface area contributed by atoms with Crippen molar-refractivity contribution in [1.82, 2.24) is 19.9 Å². The van der Waals surface area contributed by atoms with Crippen LogP contribution in [-0.2, 0) is 11.3 Å². The van der Waals surface area contributed by atoms with Crippen molar-refractivity contribution in [3.8, 4) is 5.69 Å². The lowest BCUT2D eigenvalue weighted by Gasteiger charge is -2.06. The summed E-state index contributed by atoms with van der Waals surface area (Å²) in [5.74, 6) is -0.439. The summed E-state index contributed by atoms with van der Waals surface area (Å²) in [6.45, 7) is 1.97. The molecule has 7 nitrogen and oxygen atoms in total. The Bertz CT molecular complexity index is 1020. The quantitative estimate of drug-likeness (QED) is 0.533. The predicted octanol–water partition coefficient (Wildman–Crippen LogP) is 3.07. The van der Waals surface area contributed by atoms with Gasteiger partial charge in [0, 0.05) is 18.6 Å². The van der Waals surface area contributed by atoms with Crippen LogP contribution in [0.3, 0.4) is 0 Å². The topological polar surface area (TPSA) is 83.0 Å². The number of aromatic nitrogens is 4. The number of esters is 1. The molecular formula is C18H14N4O3. The van der Waals surface area contributed by atoms with E-state index in [1.165, 1.54) is 6.20 Å². The normalized spacial score (nSPS) is 10.9. The second-order valence-corrected chi connectivity index (χ2v) is 5.54. The van der Waals surface area contributed by atoms with Gasteiger partial charge in [0.2, 0.25) is 0 Å². The van der Waals surface area contributed by atoms with Gasteiger partial charge in [-0.3, -0.25) is 0 Å². The molecule has 4 rings (SSSR count). The maximum atomic E-state index is 12.2. The van der Waals surface area contributed by atoms with Crippen molar-refractivity contribution >= 4 is 17.1 Å². The number of fused-ring (bicyclic) bond motifs is 1. The van der Waals surface area contributed by atoms with E-state index in [1.807, 2.05) is 36.5 Å². The van der Waals surface area contributed by atoms with E-state index in [9.17, 15) is 4.79 Å². The number of nitrogens with zero attached hydrogens (tertiary/aromatic N) is 4. The molecule has 0 N–H and O–H groups in total. The van der Waals surface area contributed by atoms with Gasteiger partial charge in [0.05, 0.1) is 22.3 Å². The van der Waals surface area contributed by atoms with Gasteiger partial charge in [-0.1, -0.05) is 17.3 Å². The Morgan fingerprint density at radius 2 is 2.12 bits per heavy atom. The smallest absolute Gasteiger partial charge is 0.340 e. The number of benzene rings is 1. The highest BCUT2D eigenvalue weighted by atomic mass is 16.5. The van der Waals surface area contributed by atoms with Gasteiger partial charge in [-0.25, -0.2) is 14.5 Å². The van der Waals surface area contributed by atoms with Gasteiger partial charge < -0.3 is 9.26 Å². The molecular weight excluding hydrogens is 320 g/mol. The molecule has 1 aromatic carbocycles. The molecule has 0 aliphatic rings. The zero-order chi connectivity index (χ0) is 17.2. The third kappa shape index (κ3) is 2.99.